The summed E-state index contributed by atoms with van der Waals surface area (Å²) >= 11 is 2.57. The number of anilines is 1. The Morgan fingerprint density at radius 1 is 1.20 bits per heavy atom. The van der Waals surface area contributed by atoms with E-state index in [0.29, 0.717) is 21.3 Å². The van der Waals surface area contributed by atoms with Crippen molar-refractivity contribution < 1.29 is 4.79 Å². The molecule has 1 aromatic carbocycles. The minimum atomic E-state index is -0.282. The lowest BCUT2D eigenvalue weighted by atomic mass is 10.2. The van der Waals surface area contributed by atoms with Gasteiger partial charge in [-0.3, -0.25) is 4.79 Å². The molecule has 0 atom stereocenters. The van der Waals surface area contributed by atoms with Gasteiger partial charge in [0, 0.05) is 5.56 Å². The van der Waals surface area contributed by atoms with Crippen LogP contribution >= 0.6 is 22.9 Å². The third-order valence-electron chi connectivity index (χ3n) is 3.60. The van der Waals surface area contributed by atoms with Crippen LogP contribution in [0, 0.1) is 13.8 Å². The molecule has 0 fully saturated rings. The van der Waals surface area contributed by atoms with E-state index in [-0.39, 0.29) is 5.91 Å². The molecule has 3 aromatic rings. The molecule has 0 aliphatic heterocycles. The maximum absolute atomic E-state index is 12.5. The van der Waals surface area contributed by atoms with Gasteiger partial charge in [-0.15, -0.1) is 11.3 Å². The van der Waals surface area contributed by atoms with Crippen LogP contribution in [0.5, 0.6) is 0 Å². The van der Waals surface area contributed by atoms with Gasteiger partial charge in [-0.25, -0.2) is 10.4 Å². The first-order valence-corrected chi connectivity index (χ1v) is 9.16. The summed E-state index contributed by atoms with van der Waals surface area (Å²) in [5.74, 6) is -0.282. The highest BCUT2D eigenvalue weighted by atomic mass is 32.1. The van der Waals surface area contributed by atoms with E-state index in [1.807, 2.05) is 44.2 Å². The molecule has 1 amide bonds. The summed E-state index contributed by atoms with van der Waals surface area (Å²) in [6.07, 6.45) is 0. The highest BCUT2D eigenvalue weighted by Crippen LogP contribution is 2.27. The number of aromatic nitrogens is 2. The van der Waals surface area contributed by atoms with E-state index in [1.54, 1.807) is 6.92 Å². The number of amides is 1. The standard InChI is InChI=1S/C17H17N5OS2/c1-9(13-10(2)22-25-15(13)18)20-21-16(23)14-11(3)19-17(24-14)12-7-5-4-6-8-12/h4-8H,18H2,1-3H3,(H,21,23)/b20-9-. The van der Waals surface area contributed by atoms with Crippen LogP contribution in [0.3, 0.4) is 0 Å². The van der Waals surface area contributed by atoms with Crippen LogP contribution in [-0.4, -0.2) is 21.0 Å². The van der Waals surface area contributed by atoms with E-state index in [0.717, 1.165) is 21.8 Å². The number of hydrazone groups is 1. The number of hydrogen-bond acceptors (Lipinski definition) is 7. The van der Waals surface area contributed by atoms with E-state index in [2.05, 4.69) is 19.9 Å². The lowest BCUT2D eigenvalue weighted by Gasteiger charge is -2.02. The number of thiazole rings is 1. The zero-order valence-electron chi connectivity index (χ0n) is 14.0. The largest absolute Gasteiger partial charge is 0.389 e. The number of carbonyl (C=O) groups excluding carboxylic acids is 1. The molecule has 0 aliphatic carbocycles. The summed E-state index contributed by atoms with van der Waals surface area (Å²) in [5.41, 5.74) is 12.4. The van der Waals surface area contributed by atoms with Gasteiger partial charge in [0.15, 0.2) is 0 Å². The number of aryl methyl sites for hydroxylation is 2. The predicted molar refractivity (Wildman–Crippen MR) is 103 cm³/mol. The first-order chi connectivity index (χ1) is 12.0. The Balaban J connectivity index is 1.80. The second kappa shape index (κ2) is 7.12. The van der Waals surface area contributed by atoms with Crippen LogP contribution < -0.4 is 11.2 Å². The number of rotatable bonds is 4. The number of carbonyl (C=O) groups is 1. The number of nitrogens with one attached hydrogen (secondary N) is 1. The Hall–Kier alpha value is -2.58. The number of nitrogens with zero attached hydrogens (tertiary/aromatic N) is 3. The molecule has 6 nitrogen and oxygen atoms in total. The zero-order valence-corrected chi connectivity index (χ0v) is 15.7. The van der Waals surface area contributed by atoms with Crippen molar-refractivity contribution in [2.24, 2.45) is 5.10 Å². The van der Waals surface area contributed by atoms with Gasteiger partial charge in [0.2, 0.25) is 0 Å². The van der Waals surface area contributed by atoms with Crippen LogP contribution in [-0.2, 0) is 0 Å². The molecule has 2 aromatic heterocycles. The summed E-state index contributed by atoms with van der Waals surface area (Å²) < 4.78 is 4.19. The maximum atomic E-state index is 12.5. The monoisotopic (exact) mass is 371 g/mol. The molecule has 0 bridgehead atoms. The minimum Gasteiger partial charge on any atom is -0.389 e. The van der Waals surface area contributed by atoms with Crippen LogP contribution in [0.4, 0.5) is 5.00 Å². The van der Waals surface area contributed by atoms with Crippen molar-refractivity contribution in [2.45, 2.75) is 20.8 Å². The predicted octanol–water partition coefficient (Wildman–Crippen LogP) is 3.62. The first-order valence-electron chi connectivity index (χ1n) is 7.57. The second-order valence-electron chi connectivity index (χ2n) is 5.44. The van der Waals surface area contributed by atoms with Crippen molar-refractivity contribution in [3.63, 3.8) is 0 Å². The van der Waals surface area contributed by atoms with Gasteiger partial charge in [-0.05, 0) is 32.3 Å². The third-order valence-corrected chi connectivity index (χ3v) is 5.57. The van der Waals surface area contributed by atoms with E-state index in [4.69, 9.17) is 5.73 Å². The Morgan fingerprint density at radius 3 is 2.56 bits per heavy atom. The Morgan fingerprint density at radius 2 is 1.92 bits per heavy atom. The van der Waals surface area contributed by atoms with Crippen molar-refractivity contribution >= 4 is 39.5 Å². The van der Waals surface area contributed by atoms with Crippen LogP contribution in [0.25, 0.3) is 10.6 Å². The molecule has 0 spiro atoms. The Kier molecular flexibility index (Phi) is 4.91. The average molecular weight is 371 g/mol. The van der Waals surface area contributed by atoms with Gasteiger partial charge in [0.05, 0.1) is 22.7 Å². The number of nitrogens with two attached hydrogens (primary N) is 1. The normalized spacial score (nSPS) is 11.6. The van der Waals surface area contributed by atoms with E-state index in [9.17, 15) is 4.79 Å². The summed E-state index contributed by atoms with van der Waals surface area (Å²) in [7, 11) is 0. The van der Waals surface area contributed by atoms with Crippen molar-refractivity contribution in [3.8, 4) is 10.6 Å². The Bertz CT molecular complexity index is 924. The number of hydrogen-bond donors (Lipinski definition) is 2. The zero-order chi connectivity index (χ0) is 18.0. The van der Waals surface area contributed by atoms with Crippen molar-refractivity contribution in [3.05, 3.63) is 52.2 Å². The summed E-state index contributed by atoms with van der Waals surface area (Å²) in [6, 6.07) is 9.78. The molecule has 3 N–H and O–H groups in total. The molecule has 128 valence electrons. The quantitative estimate of drug-likeness (QED) is 0.541. The number of benzene rings is 1. The lowest BCUT2D eigenvalue weighted by Crippen LogP contribution is -2.19. The Labute approximate surface area is 153 Å². The highest BCUT2D eigenvalue weighted by Gasteiger charge is 2.17. The van der Waals surface area contributed by atoms with Gasteiger partial charge in [-0.2, -0.15) is 9.47 Å². The SMILES string of the molecule is C/C(=N/NC(=O)c1sc(-c2ccccc2)nc1C)c1c(C)nsc1N. The molecule has 0 unspecified atom stereocenters. The maximum Gasteiger partial charge on any atom is 0.283 e. The molecule has 2 heterocycles. The van der Waals surface area contributed by atoms with Crippen LogP contribution in [0.15, 0.2) is 35.4 Å². The van der Waals surface area contributed by atoms with Gasteiger partial charge >= 0.3 is 0 Å². The molecule has 8 heteroatoms. The van der Waals surface area contributed by atoms with Crippen LogP contribution in [0.2, 0.25) is 0 Å². The third kappa shape index (κ3) is 3.59. The fourth-order valence-electron chi connectivity index (χ4n) is 2.38. The van der Waals surface area contributed by atoms with E-state index >= 15 is 0 Å². The van der Waals surface area contributed by atoms with Gasteiger partial charge < -0.3 is 5.73 Å². The van der Waals surface area contributed by atoms with E-state index in [1.165, 1.54) is 22.9 Å². The fourth-order valence-corrected chi connectivity index (χ4v) is 4.05. The molecule has 0 saturated heterocycles. The fraction of sp³-hybridized carbons (Fsp3) is 0.176. The second-order valence-corrected chi connectivity index (χ2v) is 7.25. The van der Waals surface area contributed by atoms with Crippen LogP contribution in [0.1, 0.15) is 33.5 Å². The van der Waals surface area contributed by atoms with Crippen molar-refractivity contribution in [2.75, 3.05) is 5.73 Å². The van der Waals surface area contributed by atoms with Crippen molar-refractivity contribution in [1.29, 1.82) is 0 Å². The lowest BCUT2D eigenvalue weighted by molar-refractivity contribution is 0.0958. The highest BCUT2D eigenvalue weighted by molar-refractivity contribution is 7.17. The molecular weight excluding hydrogens is 354 g/mol. The molecule has 0 aliphatic rings. The molecule has 0 radical (unpaired) electrons. The van der Waals surface area contributed by atoms with Gasteiger partial charge in [0.25, 0.3) is 5.91 Å². The molecule has 0 saturated carbocycles. The summed E-state index contributed by atoms with van der Waals surface area (Å²) in [6.45, 7) is 5.48. The van der Waals surface area contributed by atoms with Gasteiger partial charge in [0.1, 0.15) is 14.9 Å². The first kappa shape index (κ1) is 17.2. The minimum absolute atomic E-state index is 0.282. The summed E-state index contributed by atoms with van der Waals surface area (Å²) in [5, 5.41) is 5.57. The summed E-state index contributed by atoms with van der Waals surface area (Å²) in [4.78, 5) is 17.5. The smallest absolute Gasteiger partial charge is 0.283 e. The molecular formula is C17H17N5OS2. The topological polar surface area (TPSA) is 93.3 Å². The molecule has 25 heavy (non-hydrogen) atoms. The molecule has 3 rings (SSSR count). The van der Waals surface area contributed by atoms with Crippen molar-refractivity contribution in [1.82, 2.24) is 14.8 Å². The van der Waals surface area contributed by atoms with Gasteiger partial charge in [-0.1, -0.05) is 30.3 Å². The average Bonchev–Trinajstić information content (AvgIpc) is 3.16. The van der Waals surface area contributed by atoms with E-state index < -0.39 is 0 Å². The number of nitrogen functional groups attached to an aromatic ring is 1.